The highest BCUT2D eigenvalue weighted by Crippen LogP contribution is 2.37. The van der Waals surface area contributed by atoms with E-state index in [9.17, 15) is 14.4 Å². The van der Waals surface area contributed by atoms with Crippen LogP contribution in [0.3, 0.4) is 0 Å². The molecule has 0 bridgehead atoms. The number of carbonyl (C=O) groups is 3. The summed E-state index contributed by atoms with van der Waals surface area (Å²) in [4.78, 5) is 36.5. The van der Waals surface area contributed by atoms with E-state index in [1.807, 2.05) is 0 Å². The second kappa shape index (κ2) is 10.9. The fourth-order valence-electron chi connectivity index (χ4n) is 2.86. The van der Waals surface area contributed by atoms with Crippen LogP contribution in [0.1, 0.15) is 12.5 Å². The average Bonchev–Trinajstić information content (AvgIpc) is 2.76. The second-order valence-electron chi connectivity index (χ2n) is 6.62. The first-order chi connectivity index (χ1) is 15.8. The van der Waals surface area contributed by atoms with Crippen LogP contribution in [0.25, 0.3) is 6.08 Å². The van der Waals surface area contributed by atoms with Crippen molar-refractivity contribution in [3.05, 3.63) is 52.0 Å². The molecule has 0 saturated carbocycles. The molecule has 0 spiro atoms. The fraction of sp³-hybridized carbons (Fsp3) is 0.182. The third kappa shape index (κ3) is 6.30. The molecule has 172 valence electrons. The molecule has 11 heteroatoms. The van der Waals surface area contributed by atoms with Crippen LogP contribution in [0.15, 0.2) is 46.4 Å². The van der Waals surface area contributed by atoms with Gasteiger partial charge in [0.25, 0.3) is 17.7 Å². The summed E-state index contributed by atoms with van der Waals surface area (Å²) < 4.78 is 16.9. The van der Waals surface area contributed by atoms with Crippen LogP contribution in [-0.2, 0) is 14.4 Å². The summed E-state index contributed by atoms with van der Waals surface area (Å²) in [7, 11) is 1.56. The summed E-state index contributed by atoms with van der Waals surface area (Å²) in [6.07, 6.45) is 1.40. The minimum atomic E-state index is -0.603. The molecule has 0 aliphatic carbocycles. The monoisotopic (exact) mass is 533 g/mol. The van der Waals surface area contributed by atoms with Crippen molar-refractivity contribution in [3.63, 3.8) is 0 Å². The molecule has 1 aliphatic heterocycles. The van der Waals surface area contributed by atoms with Gasteiger partial charge in [-0.15, -0.1) is 0 Å². The van der Waals surface area contributed by atoms with Crippen molar-refractivity contribution in [3.8, 4) is 17.2 Å². The number of ether oxygens (including phenoxy) is 3. The van der Waals surface area contributed by atoms with E-state index in [-0.39, 0.29) is 23.2 Å². The van der Waals surface area contributed by atoms with Crippen LogP contribution >= 0.6 is 28.1 Å². The number of amides is 3. The van der Waals surface area contributed by atoms with Gasteiger partial charge in [0.05, 0.1) is 18.2 Å². The van der Waals surface area contributed by atoms with Gasteiger partial charge >= 0.3 is 0 Å². The number of hydrogen-bond donors (Lipinski definition) is 3. The molecule has 3 amide bonds. The highest BCUT2D eigenvalue weighted by atomic mass is 79.9. The van der Waals surface area contributed by atoms with E-state index < -0.39 is 11.8 Å². The Morgan fingerprint density at radius 2 is 1.79 bits per heavy atom. The number of rotatable bonds is 8. The molecule has 2 aromatic carbocycles. The highest BCUT2D eigenvalue weighted by molar-refractivity contribution is 9.10. The smallest absolute Gasteiger partial charge is 0.263 e. The van der Waals surface area contributed by atoms with Gasteiger partial charge in [-0.25, -0.2) is 0 Å². The lowest BCUT2D eigenvalue weighted by Gasteiger charge is -2.17. The topological polar surface area (TPSA) is 115 Å². The predicted octanol–water partition coefficient (Wildman–Crippen LogP) is 2.79. The summed E-state index contributed by atoms with van der Waals surface area (Å²) >= 11 is 8.20. The van der Waals surface area contributed by atoms with E-state index in [0.29, 0.717) is 39.6 Å². The molecule has 1 fully saturated rings. The molecule has 1 heterocycles. The van der Waals surface area contributed by atoms with Crippen LogP contribution in [0.2, 0.25) is 0 Å². The van der Waals surface area contributed by atoms with Crippen molar-refractivity contribution < 1.29 is 28.6 Å². The summed E-state index contributed by atoms with van der Waals surface area (Å²) in [6, 6.07) is 10.1. The molecule has 1 saturated heterocycles. The Bertz CT molecular complexity index is 1110. The van der Waals surface area contributed by atoms with Gasteiger partial charge in [0, 0.05) is 5.69 Å². The number of halogens is 1. The zero-order valence-corrected chi connectivity index (χ0v) is 20.1. The van der Waals surface area contributed by atoms with Crippen molar-refractivity contribution in [2.45, 2.75) is 6.92 Å². The molecule has 33 heavy (non-hydrogen) atoms. The first kappa shape index (κ1) is 24.2. The summed E-state index contributed by atoms with van der Waals surface area (Å²) in [5, 5.41) is 7.44. The van der Waals surface area contributed by atoms with E-state index in [0.717, 1.165) is 0 Å². The van der Waals surface area contributed by atoms with Gasteiger partial charge in [-0.2, -0.15) is 0 Å². The third-order valence-electron chi connectivity index (χ3n) is 4.31. The van der Waals surface area contributed by atoms with Crippen LogP contribution in [0.4, 0.5) is 5.69 Å². The zero-order valence-electron chi connectivity index (χ0n) is 17.7. The maximum Gasteiger partial charge on any atom is 0.263 e. The second-order valence-corrected chi connectivity index (χ2v) is 7.89. The lowest BCUT2D eigenvalue weighted by Crippen LogP contribution is -2.51. The zero-order chi connectivity index (χ0) is 24.0. The molecule has 3 rings (SSSR count). The molecular formula is C22H20BrN3O6S. The molecule has 2 aromatic rings. The maximum atomic E-state index is 12.3. The van der Waals surface area contributed by atoms with Crippen molar-refractivity contribution in [1.82, 2.24) is 10.6 Å². The molecule has 1 aliphatic rings. The third-order valence-corrected chi connectivity index (χ3v) is 5.10. The van der Waals surface area contributed by atoms with E-state index in [2.05, 4.69) is 31.9 Å². The Morgan fingerprint density at radius 3 is 2.39 bits per heavy atom. The standard InChI is InChI=1S/C22H20BrN3O6S/c1-3-31-17-10-12(8-15-20(28)25-22(33)26-21(15)29)9-16(23)19(17)32-11-18(27)24-13-4-6-14(30-2)7-5-13/h4-10H,3,11H2,1-2H3,(H,24,27)(H2,25,26,28,29,33). The predicted molar refractivity (Wildman–Crippen MR) is 129 cm³/mol. The maximum absolute atomic E-state index is 12.3. The van der Waals surface area contributed by atoms with Crippen molar-refractivity contribution in [1.29, 1.82) is 0 Å². The van der Waals surface area contributed by atoms with Gasteiger partial charge in [-0.1, -0.05) is 0 Å². The Hall–Kier alpha value is -3.44. The summed E-state index contributed by atoms with van der Waals surface area (Å²) in [5.74, 6) is -0.254. The largest absolute Gasteiger partial charge is 0.497 e. The van der Waals surface area contributed by atoms with Crippen LogP contribution < -0.4 is 30.2 Å². The van der Waals surface area contributed by atoms with Crippen molar-refractivity contribution >= 4 is 62.7 Å². The number of methoxy groups -OCH3 is 1. The number of anilines is 1. The molecule has 9 nitrogen and oxygen atoms in total. The number of hydrogen-bond acceptors (Lipinski definition) is 7. The minimum absolute atomic E-state index is 0.0463. The summed E-state index contributed by atoms with van der Waals surface area (Å²) in [5.41, 5.74) is 0.998. The summed E-state index contributed by atoms with van der Waals surface area (Å²) in [6.45, 7) is 1.85. The Labute approximate surface area is 203 Å². The Balaban J connectivity index is 1.76. The van der Waals surface area contributed by atoms with Gasteiger partial charge in [-0.05, 0) is 83.1 Å². The Morgan fingerprint density at radius 1 is 1.12 bits per heavy atom. The Kier molecular flexibility index (Phi) is 8.01. The molecule has 0 aromatic heterocycles. The van der Waals surface area contributed by atoms with E-state index in [1.165, 1.54) is 6.08 Å². The highest BCUT2D eigenvalue weighted by Gasteiger charge is 2.26. The number of benzene rings is 2. The molecule has 3 N–H and O–H groups in total. The SMILES string of the molecule is CCOc1cc(C=C2C(=O)NC(=S)NC2=O)cc(Br)c1OCC(=O)Nc1ccc(OC)cc1. The van der Waals surface area contributed by atoms with Crippen molar-refractivity contribution in [2.24, 2.45) is 0 Å². The van der Waals surface area contributed by atoms with Crippen LogP contribution in [-0.4, -0.2) is 43.2 Å². The molecule has 0 radical (unpaired) electrons. The average molecular weight is 534 g/mol. The van der Waals surface area contributed by atoms with E-state index in [1.54, 1.807) is 50.4 Å². The number of carbonyl (C=O) groups excluding carboxylic acids is 3. The molecular weight excluding hydrogens is 514 g/mol. The normalized spacial score (nSPS) is 13.1. The van der Waals surface area contributed by atoms with Gasteiger partial charge in [0.2, 0.25) is 0 Å². The first-order valence-electron chi connectivity index (χ1n) is 9.72. The van der Waals surface area contributed by atoms with E-state index in [4.69, 9.17) is 26.4 Å². The number of nitrogens with one attached hydrogen (secondary N) is 3. The van der Waals surface area contributed by atoms with Crippen LogP contribution in [0.5, 0.6) is 17.2 Å². The molecule has 0 atom stereocenters. The van der Waals surface area contributed by atoms with Gasteiger partial charge in [0.15, 0.2) is 23.2 Å². The minimum Gasteiger partial charge on any atom is -0.497 e. The van der Waals surface area contributed by atoms with Crippen LogP contribution in [0, 0.1) is 0 Å². The molecule has 0 unspecified atom stereocenters. The lowest BCUT2D eigenvalue weighted by atomic mass is 10.1. The van der Waals surface area contributed by atoms with Gasteiger partial charge < -0.3 is 19.5 Å². The number of thiocarbonyl (C=S) groups is 1. The van der Waals surface area contributed by atoms with Crippen molar-refractivity contribution in [2.75, 3.05) is 25.6 Å². The first-order valence-corrected chi connectivity index (χ1v) is 10.9. The lowest BCUT2D eigenvalue weighted by molar-refractivity contribution is -0.123. The van der Waals surface area contributed by atoms with E-state index >= 15 is 0 Å². The quantitative estimate of drug-likeness (QED) is 0.271. The van der Waals surface area contributed by atoms with Gasteiger partial charge in [-0.3, -0.25) is 25.0 Å². The van der Waals surface area contributed by atoms with Gasteiger partial charge in [0.1, 0.15) is 11.3 Å². The fourth-order valence-corrected chi connectivity index (χ4v) is 3.62.